The number of halogens is 2. The molecule has 0 spiro atoms. The Morgan fingerprint density at radius 3 is 2.92 bits per heavy atom. The summed E-state index contributed by atoms with van der Waals surface area (Å²) in [7, 11) is 0. The van der Waals surface area contributed by atoms with E-state index in [-0.39, 0.29) is 17.4 Å². The lowest BCUT2D eigenvalue weighted by Crippen LogP contribution is -2.18. The molecule has 2 nitrogen and oxygen atoms in total. The van der Waals surface area contributed by atoms with Crippen LogP contribution in [0.1, 0.15) is 12.8 Å². The first-order chi connectivity index (χ1) is 5.74. The minimum atomic E-state index is -0.132. The van der Waals surface area contributed by atoms with Crippen LogP contribution in [0.15, 0.2) is 11.8 Å². The van der Waals surface area contributed by atoms with Crippen LogP contribution in [-0.4, -0.2) is 29.1 Å². The number of hydrogen-bond acceptors (Lipinski definition) is 2. The Morgan fingerprint density at radius 2 is 2.33 bits per heavy atom. The fourth-order valence-electron chi connectivity index (χ4n) is 1.12. The zero-order valence-corrected chi connectivity index (χ0v) is 8.18. The minimum absolute atomic E-state index is 0.0191. The molecule has 0 bridgehead atoms. The highest BCUT2D eigenvalue weighted by Crippen LogP contribution is 2.27. The maximum Gasteiger partial charge on any atom is 0.111 e. The second-order valence-corrected chi connectivity index (χ2v) is 3.86. The Bertz CT molecular complexity index is 170. The SMILES string of the molecule is OCCOC1=CC[C@H](Cl)C[C@@H]1Cl. The molecule has 2 atom stereocenters. The van der Waals surface area contributed by atoms with E-state index in [1.165, 1.54) is 0 Å². The van der Waals surface area contributed by atoms with E-state index in [1.54, 1.807) is 0 Å². The number of aliphatic hydroxyl groups excluding tert-OH is 1. The third-order valence-corrected chi connectivity index (χ3v) is 2.46. The van der Waals surface area contributed by atoms with Gasteiger partial charge in [0.15, 0.2) is 0 Å². The van der Waals surface area contributed by atoms with Crippen LogP contribution in [0.5, 0.6) is 0 Å². The second-order valence-electron chi connectivity index (χ2n) is 2.71. The number of hydrogen-bond donors (Lipinski definition) is 1. The summed E-state index contributed by atoms with van der Waals surface area (Å²) >= 11 is 11.8. The van der Waals surface area contributed by atoms with E-state index in [0.29, 0.717) is 6.61 Å². The smallest absolute Gasteiger partial charge is 0.111 e. The van der Waals surface area contributed by atoms with E-state index in [9.17, 15) is 0 Å². The van der Waals surface area contributed by atoms with Crippen molar-refractivity contribution >= 4 is 23.2 Å². The van der Waals surface area contributed by atoms with Crippen LogP contribution in [0.2, 0.25) is 0 Å². The van der Waals surface area contributed by atoms with Gasteiger partial charge in [-0.05, 0) is 18.9 Å². The van der Waals surface area contributed by atoms with Crippen molar-refractivity contribution in [3.63, 3.8) is 0 Å². The quantitative estimate of drug-likeness (QED) is 0.722. The molecule has 0 aromatic rings. The first-order valence-corrected chi connectivity index (χ1v) is 4.83. The van der Waals surface area contributed by atoms with Crippen LogP contribution >= 0.6 is 23.2 Å². The lowest BCUT2D eigenvalue weighted by atomic mass is 10.1. The Morgan fingerprint density at radius 1 is 1.58 bits per heavy atom. The van der Waals surface area contributed by atoms with Crippen molar-refractivity contribution in [1.82, 2.24) is 0 Å². The van der Waals surface area contributed by atoms with Gasteiger partial charge < -0.3 is 9.84 Å². The van der Waals surface area contributed by atoms with Crippen LogP contribution in [0.3, 0.4) is 0 Å². The highest BCUT2D eigenvalue weighted by atomic mass is 35.5. The van der Waals surface area contributed by atoms with Crippen molar-refractivity contribution in [3.05, 3.63) is 11.8 Å². The van der Waals surface area contributed by atoms with E-state index >= 15 is 0 Å². The van der Waals surface area contributed by atoms with Gasteiger partial charge in [-0.15, -0.1) is 23.2 Å². The van der Waals surface area contributed by atoms with Gasteiger partial charge in [0.25, 0.3) is 0 Å². The van der Waals surface area contributed by atoms with Crippen LogP contribution in [-0.2, 0) is 4.74 Å². The van der Waals surface area contributed by atoms with Gasteiger partial charge in [-0.1, -0.05) is 0 Å². The molecule has 0 heterocycles. The maximum atomic E-state index is 8.51. The Hall–Kier alpha value is 0.0800. The molecular formula is C8H12Cl2O2. The molecule has 0 amide bonds. The standard InChI is InChI=1S/C8H12Cl2O2/c9-6-1-2-8(7(10)5-6)12-4-3-11/h2,6-7,11H,1,3-5H2/t6-,7-/m0/s1. The predicted octanol–water partition coefficient (Wildman–Crippen LogP) is 1.89. The molecule has 1 aliphatic rings. The highest BCUT2D eigenvalue weighted by Gasteiger charge is 2.21. The van der Waals surface area contributed by atoms with E-state index in [0.717, 1.165) is 18.6 Å². The van der Waals surface area contributed by atoms with E-state index in [4.69, 9.17) is 33.0 Å². The topological polar surface area (TPSA) is 29.5 Å². The highest BCUT2D eigenvalue weighted by molar-refractivity contribution is 6.24. The fraction of sp³-hybridized carbons (Fsp3) is 0.750. The molecule has 0 saturated carbocycles. The van der Waals surface area contributed by atoms with Crippen LogP contribution in [0.25, 0.3) is 0 Å². The number of ether oxygens (including phenoxy) is 1. The Kier molecular flexibility index (Phi) is 4.19. The number of allylic oxidation sites excluding steroid dienone is 2. The normalized spacial score (nSPS) is 29.8. The molecule has 0 unspecified atom stereocenters. The Labute approximate surface area is 82.1 Å². The van der Waals surface area contributed by atoms with Crippen molar-refractivity contribution in [2.24, 2.45) is 0 Å². The first-order valence-electron chi connectivity index (χ1n) is 3.96. The summed E-state index contributed by atoms with van der Waals surface area (Å²) in [5.74, 6) is 0.752. The molecule has 1 aliphatic carbocycles. The zero-order valence-electron chi connectivity index (χ0n) is 6.67. The molecule has 1 N–H and O–H groups in total. The lowest BCUT2D eigenvalue weighted by molar-refractivity contribution is 0.137. The average Bonchev–Trinajstić information content (AvgIpc) is 2.03. The maximum absolute atomic E-state index is 8.51. The Balaban J connectivity index is 2.41. The number of alkyl halides is 2. The van der Waals surface area contributed by atoms with Gasteiger partial charge in [0.1, 0.15) is 12.4 Å². The van der Waals surface area contributed by atoms with Gasteiger partial charge in [-0.25, -0.2) is 0 Å². The monoisotopic (exact) mass is 210 g/mol. The van der Waals surface area contributed by atoms with E-state index in [2.05, 4.69) is 0 Å². The van der Waals surface area contributed by atoms with Crippen LogP contribution in [0.4, 0.5) is 0 Å². The molecule has 0 aliphatic heterocycles. The zero-order chi connectivity index (χ0) is 8.97. The third kappa shape index (κ3) is 2.85. The minimum Gasteiger partial charge on any atom is -0.494 e. The van der Waals surface area contributed by atoms with Crippen molar-refractivity contribution in [2.45, 2.75) is 23.6 Å². The molecule has 1 rings (SSSR count). The summed E-state index contributed by atoms with van der Waals surface area (Å²) in [6, 6.07) is 0. The predicted molar refractivity (Wildman–Crippen MR) is 49.6 cm³/mol. The summed E-state index contributed by atoms with van der Waals surface area (Å²) in [6.07, 6.45) is 3.43. The fourth-order valence-corrected chi connectivity index (χ4v) is 1.85. The molecule has 70 valence electrons. The van der Waals surface area contributed by atoms with Gasteiger partial charge in [-0.3, -0.25) is 0 Å². The van der Waals surface area contributed by atoms with Gasteiger partial charge in [0.2, 0.25) is 0 Å². The summed E-state index contributed by atoms with van der Waals surface area (Å²) in [5, 5.41) is 8.50. The van der Waals surface area contributed by atoms with Crippen molar-refractivity contribution in [1.29, 1.82) is 0 Å². The number of aliphatic hydroxyl groups is 1. The molecule has 0 radical (unpaired) electrons. The van der Waals surface area contributed by atoms with Crippen molar-refractivity contribution in [2.75, 3.05) is 13.2 Å². The van der Waals surface area contributed by atoms with Crippen LogP contribution in [0, 0.1) is 0 Å². The molecule has 4 heteroatoms. The van der Waals surface area contributed by atoms with Gasteiger partial charge in [-0.2, -0.15) is 0 Å². The van der Waals surface area contributed by atoms with E-state index in [1.807, 2.05) is 6.08 Å². The van der Waals surface area contributed by atoms with Crippen LogP contribution < -0.4 is 0 Å². The first kappa shape index (κ1) is 10.2. The summed E-state index contributed by atoms with van der Waals surface area (Å²) in [5.41, 5.74) is 0. The summed E-state index contributed by atoms with van der Waals surface area (Å²) < 4.78 is 5.21. The molecule has 0 saturated heterocycles. The third-order valence-electron chi connectivity index (χ3n) is 1.71. The molecule has 12 heavy (non-hydrogen) atoms. The average molecular weight is 211 g/mol. The van der Waals surface area contributed by atoms with Gasteiger partial charge in [0, 0.05) is 5.38 Å². The molecule has 0 aromatic carbocycles. The summed E-state index contributed by atoms with van der Waals surface area (Å²) in [6.45, 7) is 0.327. The lowest BCUT2D eigenvalue weighted by Gasteiger charge is -2.22. The van der Waals surface area contributed by atoms with Crippen molar-refractivity contribution in [3.8, 4) is 0 Å². The van der Waals surface area contributed by atoms with E-state index < -0.39 is 0 Å². The van der Waals surface area contributed by atoms with Gasteiger partial charge in [0.05, 0.1) is 12.0 Å². The molecular weight excluding hydrogens is 199 g/mol. The second kappa shape index (κ2) is 4.95. The van der Waals surface area contributed by atoms with Gasteiger partial charge >= 0.3 is 0 Å². The van der Waals surface area contributed by atoms with Crippen molar-refractivity contribution < 1.29 is 9.84 Å². The largest absolute Gasteiger partial charge is 0.494 e. The molecule has 0 fully saturated rings. The number of rotatable bonds is 3. The molecule has 0 aromatic heterocycles. The summed E-state index contributed by atoms with van der Waals surface area (Å²) in [4.78, 5) is 0.